The number of ether oxygens (including phenoxy) is 3. The van der Waals surface area contributed by atoms with Crippen LogP contribution in [0.15, 0.2) is 54.9 Å². The van der Waals surface area contributed by atoms with Crippen LogP contribution in [-0.4, -0.2) is 37.8 Å². The lowest BCUT2D eigenvalue weighted by molar-refractivity contribution is 0.0930. The highest BCUT2D eigenvalue weighted by molar-refractivity contribution is 6.31. The van der Waals surface area contributed by atoms with Crippen LogP contribution >= 0.6 is 11.6 Å². The summed E-state index contributed by atoms with van der Waals surface area (Å²) < 4.78 is 16.7. The van der Waals surface area contributed by atoms with Crippen LogP contribution in [0.4, 0.5) is 0 Å². The third-order valence-electron chi connectivity index (χ3n) is 5.00. The molecule has 0 spiro atoms. The van der Waals surface area contributed by atoms with Crippen LogP contribution in [0.1, 0.15) is 15.9 Å². The van der Waals surface area contributed by atoms with Crippen LogP contribution in [-0.2, 0) is 6.42 Å². The highest BCUT2D eigenvalue weighted by atomic mass is 35.5. The van der Waals surface area contributed by atoms with Crippen molar-refractivity contribution in [2.75, 3.05) is 20.8 Å². The number of hydrogen-bond acceptors (Lipinski definition) is 5. The monoisotopic (exact) mass is 424 g/mol. The summed E-state index contributed by atoms with van der Waals surface area (Å²) in [7, 11) is 3.08. The number of methoxy groups -OCH3 is 2. The predicted octanol–water partition coefficient (Wildman–Crippen LogP) is 4.15. The number of rotatable bonds is 6. The smallest absolute Gasteiger partial charge is 0.255 e. The molecule has 3 aromatic rings. The van der Waals surface area contributed by atoms with Crippen LogP contribution in [0.5, 0.6) is 17.2 Å². The van der Waals surface area contributed by atoms with Crippen LogP contribution in [0.2, 0.25) is 5.02 Å². The molecule has 0 unspecified atom stereocenters. The first kappa shape index (κ1) is 20.0. The number of carbonyl (C=O) groups is 1. The first-order chi connectivity index (χ1) is 14.6. The molecule has 1 aromatic heterocycles. The molecule has 30 heavy (non-hydrogen) atoms. The minimum atomic E-state index is -0.252. The standard InChI is InChI=1S/C23H21ClN2O4/c1-28-17-3-4-21(29-2)20(12-17)23(27)26-13-18-10-15-9-16(24)11-19(22(15)30-18)14-5-7-25-8-6-14/h3-9,11-12,18H,10,13H2,1-2H3,(H,26,27)/t18-/m1/s1. The van der Waals surface area contributed by atoms with Crippen LogP contribution in [0, 0.1) is 0 Å². The van der Waals surface area contributed by atoms with Crippen molar-refractivity contribution in [2.45, 2.75) is 12.5 Å². The number of carbonyl (C=O) groups excluding carboxylic acids is 1. The molecule has 4 rings (SSSR count). The predicted molar refractivity (Wildman–Crippen MR) is 115 cm³/mol. The maximum Gasteiger partial charge on any atom is 0.255 e. The van der Waals surface area contributed by atoms with Gasteiger partial charge in [0.1, 0.15) is 23.4 Å². The molecular weight excluding hydrogens is 404 g/mol. The van der Waals surface area contributed by atoms with Crippen LogP contribution in [0.3, 0.4) is 0 Å². The fraction of sp³-hybridized carbons (Fsp3) is 0.217. The summed E-state index contributed by atoms with van der Waals surface area (Å²) in [5.74, 6) is 1.61. The van der Waals surface area contributed by atoms with Crippen molar-refractivity contribution in [3.05, 3.63) is 71.0 Å². The van der Waals surface area contributed by atoms with Gasteiger partial charge in [-0.2, -0.15) is 0 Å². The lowest BCUT2D eigenvalue weighted by atomic mass is 10.0. The number of fused-ring (bicyclic) bond motifs is 1. The molecule has 1 aliphatic rings. The molecule has 2 aromatic carbocycles. The summed E-state index contributed by atoms with van der Waals surface area (Å²) in [6.45, 7) is 0.348. The van der Waals surface area contributed by atoms with Gasteiger partial charge in [-0.25, -0.2) is 0 Å². The Balaban J connectivity index is 1.49. The second-order valence-electron chi connectivity index (χ2n) is 6.90. The van der Waals surface area contributed by atoms with E-state index in [1.54, 1.807) is 37.7 Å². The third-order valence-corrected chi connectivity index (χ3v) is 5.21. The summed E-state index contributed by atoms with van der Waals surface area (Å²) in [4.78, 5) is 16.8. The molecule has 1 atom stereocenters. The second-order valence-corrected chi connectivity index (χ2v) is 7.33. The van der Waals surface area contributed by atoms with E-state index in [-0.39, 0.29) is 12.0 Å². The highest BCUT2D eigenvalue weighted by Crippen LogP contribution is 2.40. The van der Waals surface area contributed by atoms with E-state index in [9.17, 15) is 4.79 Å². The molecular formula is C23H21ClN2O4. The number of amides is 1. The third kappa shape index (κ3) is 4.04. The number of pyridine rings is 1. The summed E-state index contributed by atoms with van der Waals surface area (Å²) >= 11 is 6.33. The van der Waals surface area contributed by atoms with Gasteiger partial charge in [0.15, 0.2) is 0 Å². The Morgan fingerprint density at radius 2 is 1.97 bits per heavy atom. The van der Waals surface area contributed by atoms with Gasteiger partial charge in [0, 0.05) is 35.0 Å². The van der Waals surface area contributed by atoms with Crippen molar-refractivity contribution in [3.63, 3.8) is 0 Å². The lowest BCUT2D eigenvalue weighted by Crippen LogP contribution is -2.34. The highest BCUT2D eigenvalue weighted by Gasteiger charge is 2.27. The fourth-order valence-corrected chi connectivity index (χ4v) is 3.79. The van der Waals surface area contributed by atoms with Crippen molar-refractivity contribution in [1.29, 1.82) is 0 Å². The number of benzene rings is 2. The van der Waals surface area contributed by atoms with Gasteiger partial charge in [0.05, 0.1) is 26.3 Å². The molecule has 0 aliphatic carbocycles. The fourth-order valence-electron chi connectivity index (χ4n) is 3.55. The molecule has 2 heterocycles. The molecule has 6 nitrogen and oxygen atoms in total. The first-order valence-corrected chi connectivity index (χ1v) is 9.86. The number of aromatic nitrogens is 1. The number of nitrogens with zero attached hydrogens (tertiary/aromatic N) is 1. The topological polar surface area (TPSA) is 69.7 Å². The zero-order valence-corrected chi connectivity index (χ0v) is 17.4. The average Bonchev–Trinajstić information content (AvgIpc) is 3.19. The molecule has 154 valence electrons. The molecule has 0 saturated heterocycles. The van der Waals surface area contributed by atoms with Gasteiger partial charge in [0.2, 0.25) is 0 Å². The van der Waals surface area contributed by atoms with E-state index in [1.807, 2.05) is 24.3 Å². The van der Waals surface area contributed by atoms with Crippen LogP contribution < -0.4 is 19.5 Å². The van der Waals surface area contributed by atoms with Gasteiger partial charge in [0.25, 0.3) is 5.91 Å². The minimum Gasteiger partial charge on any atom is -0.497 e. The average molecular weight is 425 g/mol. The molecule has 7 heteroatoms. The van der Waals surface area contributed by atoms with Gasteiger partial charge >= 0.3 is 0 Å². The Bertz CT molecular complexity index is 1070. The molecule has 1 N–H and O–H groups in total. The van der Waals surface area contributed by atoms with Crippen molar-refractivity contribution < 1.29 is 19.0 Å². The van der Waals surface area contributed by atoms with E-state index in [2.05, 4.69) is 10.3 Å². The minimum absolute atomic E-state index is 0.195. The zero-order valence-electron chi connectivity index (χ0n) is 16.6. The Morgan fingerprint density at radius 3 is 2.70 bits per heavy atom. The maximum absolute atomic E-state index is 12.7. The van der Waals surface area contributed by atoms with Crippen molar-refractivity contribution in [2.24, 2.45) is 0 Å². The van der Waals surface area contributed by atoms with Crippen LogP contribution in [0.25, 0.3) is 11.1 Å². The molecule has 1 aliphatic heterocycles. The summed E-state index contributed by atoms with van der Waals surface area (Å²) in [5, 5.41) is 3.58. The zero-order chi connectivity index (χ0) is 21.1. The lowest BCUT2D eigenvalue weighted by Gasteiger charge is -2.15. The summed E-state index contributed by atoms with van der Waals surface area (Å²) in [6, 6.07) is 12.7. The van der Waals surface area contributed by atoms with E-state index in [0.717, 1.165) is 22.4 Å². The molecule has 0 saturated carbocycles. The Labute approximate surface area is 179 Å². The molecule has 0 radical (unpaired) electrons. The van der Waals surface area contributed by atoms with Gasteiger partial charge in [-0.1, -0.05) is 11.6 Å². The van der Waals surface area contributed by atoms with Crippen molar-refractivity contribution in [3.8, 4) is 28.4 Å². The Hall–Kier alpha value is -3.25. The number of hydrogen-bond donors (Lipinski definition) is 1. The van der Waals surface area contributed by atoms with Gasteiger partial charge in [-0.15, -0.1) is 0 Å². The molecule has 1 amide bonds. The number of nitrogens with one attached hydrogen (secondary N) is 1. The van der Waals surface area contributed by atoms with Crippen molar-refractivity contribution >= 4 is 17.5 Å². The van der Waals surface area contributed by atoms with E-state index in [1.165, 1.54) is 7.11 Å². The maximum atomic E-state index is 12.7. The quantitative estimate of drug-likeness (QED) is 0.643. The molecule has 0 fully saturated rings. The first-order valence-electron chi connectivity index (χ1n) is 9.48. The summed E-state index contributed by atoms with van der Waals surface area (Å²) in [6.07, 6.45) is 3.93. The second kappa shape index (κ2) is 8.63. The van der Waals surface area contributed by atoms with E-state index >= 15 is 0 Å². The summed E-state index contributed by atoms with van der Waals surface area (Å²) in [5.41, 5.74) is 3.33. The van der Waals surface area contributed by atoms with Crippen molar-refractivity contribution in [1.82, 2.24) is 10.3 Å². The number of halogens is 1. The van der Waals surface area contributed by atoms with E-state index in [4.69, 9.17) is 25.8 Å². The van der Waals surface area contributed by atoms with Gasteiger partial charge in [-0.05, 0) is 48.0 Å². The SMILES string of the molecule is COc1ccc(OC)c(C(=O)NC[C@H]2Cc3cc(Cl)cc(-c4ccncc4)c3O2)c1. The van der Waals surface area contributed by atoms with Gasteiger partial charge < -0.3 is 19.5 Å². The largest absolute Gasteiger partial charge is 0.497 e. The van der Waals surface area contributed by atoms with E-state index < -0.39 is 0 Å². The normalized spacial score (nSPS) is 14.6. The Morgan fingerprint density at radius 1 is 1.17 bits per heavy atom. The van der Waals surface area contributed by atoms with Gasteiger partial charge in [-0.3, -0.25) is 9.78 Å². The van der Waals surface area contributed by atoms with E-state index in [0.29, 0.717) is 35.1 Å². The Kier molecular flexibility index (Phi) is 5.77. The molecule has 0 bridgehead atoms.